The number of benzene rings is 2. The van der Waals surface area contributed by atoms with Crippen LogP contribution >= 0.6 is 7.91 Å². The van der Waals surface area contributed by atoms with Gasteiger partial charge in [-0.1, -0.05) is 60.7 Å². The van der Waals surface area contributed by atoms with Gasteiger partial charge in [0.15, 0.2) is 0 Å². The van der Waals surface area contributed by atoms with E-state index >= 15 is 0 Å². The van der Waals surface area contributed by atoms with E-state index < -0.39 is 24.5 Å². The van der Waals surface area contributed by atoms with Crippen molar-refractivity contribution in [3.05, 3.63) is 71.8 Å². The highest BCUT2D eigenvalue weighted by atomic mass is 31.2. The first kappa shape index (κ1) is 21.3. The Labute approximate surface area is 158 Å². The van der Waals surface area contributed by atoms with Gasteiger partial charge in [0, 0.05) is 0 Å². The summed E-state index contributed by atoms with van der Waals surface area (Å²) in [4.78, 5) is 0. The second kappa shape index (κ2) is 8.76. The zero-order valence-electron chi connectivity index (χ0n) is 15.9. The van der Waals surface area contributed by atoms with Crippen LogP contribution < -0.4 is 0 Å². The molecule has 0 aliphatic heterocycles. The molecule has 0 saturated heterocycles. The Morgan fingerprint density at radius 3 is 1.81 bits per heavy atom. The first-order valence-corrected chi connectivity index (χ1v) is 16.5. The van der Waals surface area contributed by atoms with Crippen molar-refractivity contribution in [3.8, 4) is 0 Å². The quantitative estimate of drug-likeness (QED) is 0.348. The summed E-state index contributed by atoms with van der Waals surface area (Å²) >= 11 is 0. The Morgan fingerprint density at radius 1 is 0.808 bits per heavy atom. The third-order valence-electron chi connectivity index (χ3n) is 4.04. The molecule has 0 saturated carbocycles. The van der Waals surface area contributed by atoms with Crippen molar-refractivity contribution in [2.45, 2.75) is 44.7 Å². The lowest BCUT2D eigenvalue weighted by molar-refractivity contribution is 0.330. The molecule has 2 rings (SSSR count). The summed E-state index contributed by atoms with van der Waals surface area (Å²) in [5.74, 6) is 0. The second-order valence-electron chi connectivity index (χ2n) is 7.78. The van der Waals surface area contributed by atoms with Crippen molar-refractivity contribution in [2.24, 2.45) is 0 Å². The van der Waals surface area contributed by atoms with Crippen LogP contribution in [0.3, 0.4) is 0 Å². The predicted molar refractivity (Wildman–Crippen MR) is 111 cm³/mol. The molecule has 0 aliphatic rings. The molecule has 7 heteroatoms. The van der Waals surface area contributed by atoms with Gasteiger partial charge in [0.1, 0.15) is 0 Å². The fourth-order valence-corrected chi connectivity index (χ4v) is 10.8. The standard InChI is InChI=1S/C19H28FO3PSi2/c1-25(2,16-15-18-11-7-5-8-12-18)22-24(20,21)23-26(3,4)17-19-13-9-6-10-14-19/h5-14H,15-17H2,1-4H3. The lowest BCUT2D eigenvalue weighted by atomic mass is 10.2. The van der Waals surface area contributed by atoms with Crippen molar-refractivity contribution in [1.82, 2.24) is 0 Å². The maximum absolute atomic E-state index is 14.7. The molecule has 2 aromatic rings. The van der Waals surface area contributed by atoms with Crippen LogP contribution in [0.5, 0.6) is 0 Å². The minimum absolute atomic E-state index is 0.594. The molecule has 0 bridgehead atoms. The van der Waals surface area contributed by atoms with E-state index in [0.717, 1.165) is 12.0 Å². The maximum Gasteiger partial charge on any atom is 0.493 e. The highest BCUT2D eigenvalue weighted by Crippen LogP contribution is 2.55. The predicted octanol–water partition coefficient (Wildman–Crippen LogP) is 6.53. The number of rotatable bonds is 9. The molecule has 0 aliphatic carbocycles. The third-order valence-corrected chi connectivity index (χ3v) is 12.5. The van der Waals surface area contributed by atoms with E-state index in [1.807, 2.05) is 86.9 Å². The van der Waals surface area contributed by atoms with Crippen LogP contribution in [-0.2, 0) is 25.5 Å². The molecule has 0 spiro atoms. The van der Waals surface area contributed by atoms with Crippen LogP contribution in [0, 0.1) is 0 Å². The summed E-state index contributed by atoms with van der Waals surface area (Å²) in [6.07, 6.45) is 0.783. The lowest BCUT2D eigenvalue weighted by Crippen LogP contribution is -2.35. The molecule has 142 valence electrons. The van der Waals surface area contributed by atoms with E-state index in [4.69, 9.17) is 8.43 Å². The van der Waals surface area contributed by atoms with Gasteiger partial charge < -0.3 is 8.43 Å². The lowest BCUT2D eigenvalue weighted by Gasteiger charge is -2.29. The van der Waals surface area contributed by atoms with Crippen LogP contribution in [0.1, 0.15) is 11.1 Å². The van der Waals surface area contributed by atoms with Crippen LogP contribution in [-0.4, -0.2) is 16.6 Å². The smallest absolute Gasteiger partial charge is 0.327 e. The maximum atomic E-state index is 14.7. The van der Waals surface area contributed by atoms with Gasteiger partial charge in [-0.25, -0.2) is 4.57 Å². The average Bonchev–Trinajstić information content (AvgIpc) is 2.52. The Bertz CT molecular complexity index is 739. The summed E-state index contributed by atoms with van der Waals surface area (Å²) in [6.45, 7) is 7.51. The van der Waals surface area contributed by atoms with E-state index in [-0.39, 0.29) is 0 Å². The highest BCUT2D eigenvalue weighted by Gasteiger charge is 2.40. The number of hydrogen-bond acceptors (Lipinski definition) is 3. The van der Waals surface area contributed by atoms with Crippen LogP contribution in [0.4, 0.5) is 4.20 Å². The summed E-state index contributed by atoms with van der Waals surface area (Å²) in [5.41, 5.74) is 2.23. The van der Waals surface area contributed by atoms with Crippen molar-refractivity contribution in [1.29, 1.82) is 0 Å². The van der Waals surface area contributed by atoms with E-state index in [9.17, 15) is 8.76 Å². The Morgan fingerprint density at radius 2 is 1.27 bits per heavy atom. The summed E-state index contributed by atoms with van der Waals surface area (Å²) in [7, 11) is -9.53. The molecule has 0 radical (unpaired) electrons. The van der Waals surface area contributed by atoms with Gasteiger partial charge in [-0.05, 0) is 55.8 Å². The SMILES string of the molecule is C[Si](C)(CCc1ccccc1)OP(=O)(F)O[Si](C)(C)Cc1ccccc1. The number of halogens is 1. The fraction of sp³-hybridized carbons (Fsp3) is 0.368. The van der Waals surface area contributed by atoms with E-state index in [1.165, 1.54) is 5.56 Å². The normalized spacial score (nSPS) is 14.8. The molecular weight excluding hydrogens is 382 g/mol. The van der Waals surface area contributed by atoms with Gasteiger partial charge in [0.25, 0.3) is 0 Å². The Kier molecular flexibility index (Phi) is 7.16. The highest BCUT2D eigenvalue weighted by molar-refractivity contribution is 7.51. The first-order valence-electron chi connectivity index (χ1n) is 8.86. The molecule has 1 atom stereocenters. The number of hydrogen-bond donors (Lipinski definition) is 0. The Balaban J connectivity index is 1.94. The number of aryl methyl sites for hydroxylation is 1. The van der Waals surface area contributed by atoms with Gasteiger partial charge in [0.05, 0.1) is 0 Å². The summed E-state index contributed by atoms with van der Waals surface area (Å²) < 4.78 is 38.0. The average molecular weight is 411 g/mol. The van der Waals surface area contributed by atoms with Gasteiger partial charge in [-0.3, -0.25) is 0 Å². The monoisotopic (exact) mass is 410 g/mol. The van der Waals surface area contributed by atoms with Crippen LogP contribution in [0.25, 0.3) is 0 Å². The molecule has 26 heavy (non-hydrogen) atoms. The zero-order chi connectivity index (χ0) is 19.3. The van der Waals surface area contributed by atoms with Crippen molar-refractivity contribution in [2.75, 3.05) is 0 Å². The van der Waals surface area contributed by atoms with Gasteiger partial charge in [0.2, 0.25) is 16.6 Å². The molecule has 0 fully saturated rings. The van der Waals surface area contributed by atoms with Crippen molar-refractivity contribution >= 4 is 24.5 Å². The molecule has 3 nitrogen and oxygen atoms in total. The van der Waals surface area contributed by atoms with Crippen molar-refractivity contribution < 1.29 is 17.2 Å². The second-order valence-corrected chi connectivity index (χ2v) is 18.0. The molecule has 0 aromatic heterocycles. The minimum Gasteiger partial charge on any atom is -0.327 e. The van der Waals surface area contributed by atoms with Gasteiger partial charge >= 0.3 is 7.91 Å². The molecule has 1 unspecified atom stereocenters. The van der Waals surface area contributed by atoms with Crippen LogP contribution in [0.15, 0.2) is 60.7 Å². The van der Waals surface area contributed by atoms with E-state index in [2.05, 4.69) is 0 Å². The van der Waals surface area contributed by atoms with Crippen molar-refractivity contribution in [3.63, 3.8) is 0 Å². The third kappa shape index (κ3) is 7.68. The molecule has 0 N–H and O–H groups in total. The summed E-state index contributed by atoms with van der Waals surface area (Å²) in [6, 6.07) is 21.0. The zero-order valence-corrected chi connectivity index (χ0v) is 18.8. The van der Waals surface area contributed by atoms with E-state index in [0.29, 0.717) is 12.1 Å². The topological polar surface area (TPSA) is 35.5 Å². The fourth-order valence-electron chi connectivity index (χ4n) is 2.86. The minimum atomic E-state index is -4.57. The van der Waals surface area contributed by atoms with Crippen LogP contribution in [0.2, 0.25) is 32.2 Å². The largest absolute Gasteiger partial charge is 0.493 e. The molecule has 0 amide bonds. The first-order chi connectivity index (χ1) is 12.1. The molecule has 0 heterocycles. The van der Waals surface area contributed by atoms with Gasteiger partial charge in [-0.15, -0.1) is 4.20 Å². The van der Waals surface area contributed by atoms with Gasteiger partial charge in [-0.2, -0.15) is 0 Å². The molecule has 2 aromatic carbocycles. The molecular formula is C19H28FO3PSi2. The van der Waals surface area contributed by atoms with E-state index in [1.54, 1.807) is 0 Å². The Hall–Kier alpha value is -1.05. The summed E-state index contributed by atoms with van der Waals surface area (Å²) in [5, 5.41) is 0.